The zero-order valence-corrected chi connectivity index (χ0v) is 18.4. The van der Waals surface area contributed by atoms with E-state index in [4.69, 9.17) is 19.4 Å². The summed E-state index contributed by atoms with van der Waals surface area (Å²) in [7, 11) is -16.4. The predicted octanol–water partition coefficient (Wildman–Crippen LogP) is 0.380. The zero-order valence-electron chi connectivity index (χ0n) is 15.7. The second kappa shape index (κ2) is 9.02. The van der Waals surface area contributed by atoms with Crippen molar-refractivity contribution >= 4 is 34.6 Å². The van der Waals surface area contributed by atoms with Gasteiger partial charge in [-0.25, -0.2) is 28.6 Å². The maximum atomic E-state index is 11.8. The minimum Gasteiger partial charge on any atom is -0.388 e. The number of aliphatic hydroxyl groups is 1. The first kappa shape index (κ1) is 24.5. The molecule has 1 fully saturated rings. The smallest absolute Gasteiger partial charge is 0.388 e. The van der Waals surface area contributed by atoms with Crippen molar-refractivity contribution in [1.82, 2.24) is 19.5 Å². The van der Waals surface area contributed by atoms with Crippen molar-refractivity contribution < 1.29 is 56.3 Å². The number of phosphoric acid groups is 3. The lowest BCUT2D eigenvalue weighted by atomic mass is 10.2. The molecule has 1 aliphatic heterocycles. The highest BCUT2D eigenvalue weighted by Crippen LogP contribution is 2.66. The summed E-state index contributed by atoms with van der Waals surface area (Å²) < 4.78 is 52.6. The third-order valence-corrected chi connectivity index (χ3v) is 7.85. The molecule has 19 heteroatoms. The van der Waals surface area contributed by atoms with E-state index < -0.39 is 48.5 Å². The predicted molar refractivity (Wildman–Crippen MR) is 99.1 cm³/mol. The fourth-order valence-electron chi connectivity index (χ4n) is 2.91. The minimum absolute atomic E-state index is 0.0498. The van der Waals surface area contributed by atoms with Gasteiger partial charge in [-0.1, -0.05) is 6.92 Å². The van der Waals surface area contributed by atoms with Crippen molar-refractivity contribution in [2.45, 2.75) is 38.2 Å². The Morgan fingerprint density at radius 2 is 1.84 bits per heavy atom. The third kappa shape index (κ3) is 6.23. The highest BCUT2D eigenvalue weighted by atomic mass is 31.3. The molecule has 0 radical (unpaired) electrons. The van der Waals surface area contributed by atoms with Crippen LogP contribution in [0.5, 0.6) is 0 Å². The van der Waals surface area contributed by atoms with E-state index in [9.17, 15) is 23.7 Å². The first-order valence-electron chi connectivity index (χ1n) is 8.58. The summed E-state index contributed by atoms with van der Waals surface area (Å²) in [5.74, 6) is 0. The SMILES string of the molecule is CCc1ncnc2c1ncn2C1OC(COP(=O)(O)OP(=O)(O)OP(=O)(O)O)CC1O. The molecule has 1 saturated heterocycles. The van der Waals surface area contributed by atoms with Gasteiger partial charge in [0.25, 0.3) is 0 Å². The summed E-state index contributed by atoms with van der Waals surface area (Å²) in [6.07, 6.45) is 0.310. The van der Waals surface area contributed by atoms with Gasteiger partial charge in [0.05, 0.1) is 24.7 Å². The summed E-state index contributed by atoms with van der Waals surface area (Å²) in [5.41, 5.74) is 1.63. The van der Waals surface area contributed by atoms with Crippen molar-refractivity contribution in [2.75, 3.05) is 6.61 Å². The van der Waals surface area contributed by atoms with Crippen LogP contribution in [-0.2, 0) is 38.0 Å². The van der Waals surface area contributed by atoms with Gasteiger partial charge in [0.1, 0.15) is 17.9 Å². The van der Waals surface area contributed by atoms with Crippen LogP contribution >= 0.6 is 23.5 Å². The van der Waals surface area contributed by atoms with E-state index in [2.05, 4.69) is 28.1 Å². The highest BCUT2D eigenvalue weighted by Gasteiger charge is 2.42. The molecular weight excluding hydrogens is 485 g/mol. The lowest BCUT2D eigenvalue weighted by Gasteiger charge is -2.18. The quantitative estimate of drug-likeness (QED) is 0.290. The normalized spacial score (nSPS) is 26.1. The maximum absolute atomic E-state index is 11.8. The molecule has 0 saturated carbocycles. The van der Waals surface area contributed by atoms with Crippen LogP contribution in [0.3, 0.4) is 0 Å². The average Bonchev–Trinajstić information content (AvgIpc) is 3.19. The molecule has 3 rings (SSSR count). The van der Waals surface area contributed by atoms with Crippen LogP contribution in [0.15, 0.2) is 12.7 Å². The number of hydrogen-bond acceptors (Lipinski definition) is 11. The standard InChI is InChI=1S/C12H19N4O12P3/c1-2-8-10-11(14-5-13-8)16(6-15-10)12-9(17)3-7(26-12)4-25-30(21,22)28-31(23,24)27-29(18,19)20/h5-7,9,12,17H,2-4H2,1H3,(H,21,22)(H,23,24)(H2,18,19,20). The number of aryl methyl sites for hydroxylation is 1. The first-order valence-corrected chi connectivity index (χ1v) is 13.1. The Morgan fingerprint density at radius 1 is 1.13 bits per heavy atom. The molecule has 16 nitrogen and oxygen atoms in total. The van der Waals surface area contributed by atoms with Crippen molar-refractivity contribution in [3.63, 3.8) is 0 Å². The summed E-state index contributed by atoms with van der Waals surface area (Å²) in [6.45, 7) is 1.22. The van der Waals surface area contributed by atoms with Crippen LogP contribution in [0, 0.1) is 0 Å². The van der Waals surface area contributed by atoms with E-state index in [1.807, 2.05) is 6.92 Å². The Kier molecular flexibility index (Phi) is 7.14. The maximum Gasteiger partial charge on any atom is 0.490 e. The molecule has 5 N–H and O–H groups in total. The second-order valence-electron chi connectivity index (χ2n) is 6.34. The zero-order chi connectivity index (χ0) is 23.0. The summed E-state index contributed by atoms with van der Waals surface area (Å²) in [5, 5.41) is 10.3. The van der Waals surface area contributed by atoms with E-state index in [0.29, 0.717) is 23.3 Å². The molecule has 0 bridgehead atoms. The van der Waals surface area contributed by atoms with E-state index in [-0.39, 0.29) is 6.42 Å². The largest absolute Gasteiger partial charge is 0.490 e. The van der Waals surface area contributed by atoms with E-state index in [1.165, 1.54) is 17.2 Å². The van der Waals surface area contributed by atoms with Crippen molar-refractivity contribution in [2.24, 2.45) is 0 Å². The number of aromatic nitrogens is 4. The van der Waals surface area contributed by atoms with Gasteiger partial charge >= 0.3 is 23.5 Å². The lowest BCUT2D eigenvalue weighted by molar-refractivity contribution is -0.0481. The fourth-order valence-corrected chi connectivity index (χ4v) is 5.96. The molecule has 2 aromatic rings. The van der Waals surface area contributed by atoms with Crippen LogP contribution in [0.1, 0.15) is 25.3 Å². The van der Waals surface area contributed by atoms with Gasteiger partial charge in [-0.15, -0.1) is 0 Å². The van der Waals surface area contributed by atoms with E-state index >= 15 is 0 Å². The molecule has 0 aliphatic carbocycles. The number of fused-ring (bicyclic) bond motifs is 1. The molecule has 0 aromatic carbocycles. The topological polar surface area (TPSA) is 233 Å². The van der Waals surface area contributed by atoms with Gasteiger partial charge in [0.15, 0.2) is 11.9 Å². The molecule has 5 atom stereocenters. The molecule has 31 heavy (non-hydrogen) atoms. The molecule has 3 heterocycles. The van der Waals surface area contributed by atoms with Crippen LogP contribution in [0.4, 0.5) is 0 Å². The number of aliphatic hydroxyl groups excluding tert-OH is 1. The number of hydrogen-bond donors (Lipinski definition) is 5. The fraction of sp³-hybridized carbons (Fsp3) is 0.583. The van der Waals surface area contributed by atoms with Crippen LogP contribution < -0.4 is 0 Å². The van der Waals surface area contributed by atoms with Gasteiger partial charge < -0.3 is 29.4 Å². The Hall–Kier alpha value is -1.12. The number of ether oxygens (including phenoxy) is 1. The number of nitrogens with zero attached hydrogens (tertiary/aromatic N) is 4. The Morgan fingerprint density at radius 3 is 2.48 bits per heavy atom. The minimum atomic E-state index is -5.61. The number of phosphoric ester groups is 1. The van der Waals surface area contributed by atoms with Gasteiger partial charge in [0, 0.05) is 6.42 Å². The monoisotopic (exact) mass is 504 g/mol. The molecule has 5 unspecified atom stereocenters. The van der Waals surface area contributed by atoms with E-state index in [1.54, 1.807) is 0 Å². The van der Waals surface area contributed by atoms with Crippen molar-refractivity contribution in [1.29, 1.82) is 0 Å². The molecule has 2 aromatic heterocycles. The molecular formula is C12H19N4O12P3. The highest BCUT2D eigenvalue weighted by molar-refractivity contribution is 7.66. The summed E-state index contributed by atoms with van der Waals surface area (Å²) in [4.78, 5) is 48.2. The average molecular weight is 504 g/mol. The van der Waals surface area contributed by atoms with Gasteiger partial charge in [0.2, 0.25) is 0 Å². The number of rotatable bonds is 9. The van der Waals surface area contributed by atoms with Crippen LogP contribution in [0.2, 0.25) is 0 Å². The first-order chi connectivity index (χ1) is 14.3. The van der Waals surface area contributed by atoms with E-state index in [0.717, 1.165) is 0 Å². The Labute approximate surface area is 174 Å². The van der Waals surface area contributed by atoms with Gasteiger partial charge in [-0.05, 0) is 6.42 Å². The molecule has 1 aliphatic rings. The third-order valence-electron chi connectivity index (χ3n) is 4.05. The number of imidazole rings is 1. The van der Waals surface area contributed by atoms with Gasteiger partial charge in [-0.3, -0.25) is 9.09 Å². The Bertz CT molecular complexity index is 1090. The van der Waals surface area contributed by atoms with Gasteiger partial charge in [-0.2, -0.15) is 8.62 Å². The summed E-state index contributed by atoms with van der Waals surface area (Å²) >= 11 is 0. The van der Waals surface area contributed by atoms with Crippen molar-refractivity contribution in [3.8, 4) is 0 Å². The summed E-state index contributed by atoms with van der Waals surface area (Å²) in [6, 6.07) is 0. The molecule has 174 valence electrons. The Balaban J connectivity index is 1.65. The van der Waals surface area contributed by atoms with Crippen molar-refractivity contribution in [3.05, 3.63) is 18.3 Å². The molecule has 0 spiro atoms. The lowest BCUT2D eigenvalue weighted by Crippen LogP contribution is -2.19. The molecule has 0 amide bonds. The second-order valence-corrected chi connectivity index (χ2v) is 10.8. The van der Waals surface area contributed by atoms with Crippen LogP contribution in [0.25, 0.3) is 11.2 Å². The van der Waals surface area contributed by atoms with Crippen LogP contribution in [-0.4, -0.2) is 63.0 Å².